The largest absolute Gasteiger partial charge is 0.353 e. The van der Waals surface area contributed by atoms with Gasteiger partial charge in [-0.05, 0) is 38.0 Å². The SMILES string of the molecule is CCC[C@H](C)NC(=O)CSc1nc2ccc(C)cc2[nH]1. The smallest absolute Gasteiger partial charge is 0.230 e. The van der Waals surface area contributed by atoms with E-state index in [1.54, 1.807) is 0 Å². The molecule has 2 rings (SSSR count). The lowest BCUT2D eigenvalue weighted by molar-refractivity contribution is -0.119. The first-order valence-corrected chi connectivity index (χ1v) is 7.95. The van der Waals surface area contributed by atoms with Gasteiger partial charge in [-0.2, -0.15) is 0 Å². The molecule has 0 saturated heterocycles. The highest BCUT2D eigenvalue weighted by atomic mass is 32.2. The first-order chi connectivity index (χ1) is 9.58. The van der Waals surface area contributed by atoms with Crippen LogP contribution >= 0.6 is 11.8 Å². The van der Waals surface area contributed by atoms with Gasteiger partial charge < -0.3 is 10.3 Å². The summed E-state index contributed by atoms with van der Waals surface area (Å²) in [7, 11) is 0. The number of carbonyl (C=O) groups excluding carboxylic acids is 1. The van der Waals surface area contributed by atoms with Crippen LogP contribution in [0.15, 0.2) is 23.4 Å². The number of benzene rings is 1. The van der Waals surface area contributed by atoms with Crippen LogP contribution in [0, 0.1) is 6.92 Å². The Hall–Kier alpha value is -1.49. The van der Waals surface area contributed by atoms with Gasteiger partial charge in [0.05, 0.1) is 16.8 Å². The summed E-state index contributed by atoms with van der Waals surface area (Å²) < 4.78 is 0. The van der Waals surface area contributed by atoms with E-state index in [2.05, 4.69) is 35.2 Å². The van der Waals surface area contributed by atoms with Crippen molar-refractivity contribution in [2.45, 2.75) is 44.8 Å². The van der Waals surface area contributed by atoms with Crippen LogP contribution in [0.5, 0.6) is 0 Å². The van der Waals surface area contributed by atoms with Crippen LogP contribution < -0.4 is 5.32 Å². The Balaban J connectivity index is 1.90. The molecule has 2 aromatic rings. The number of rotatable bonds is 6. The average Bonchev–Trinajstić information content (AvgIpc) is 2.78. The fourth-order valence-corrected chi connectivity index (χ4v) is 2.82. The fourth-order valence-electron chi connectivity index (χ4n) is 2.12. The van der Waals surface area contributed by atoms with Crippen LogP contribution in [-0.2, 0) is 4.79 Å². The molecular weight excluding hydrogens is 270 g/mol. The number of aromatic amines is 1. The zero-order valence-corrected chi connectivity index (χ0v) is 13.0. The van der Waals surface area contributed by atoms with Crippen molar-refractivity contribution in [1.29, 1.82) is 0 Å². The van der Waals surface area contributed by atoms with Gasteiger partial charge in [0.25, 0.3) is 0 Å². The summed E-state index contributed by atoms with van der Waals surface area (Å²) in [4.78, 5) is 19.5. The molecule has 0 spiro atoms. The van der Waals surface area contributed by atoms with Crippen molar-refractivity contribution in [3.8, 4) is 0 Å². The minimum absolute atomic E-state index is 0.0626. The zero-order chi connectivity index (χ0) is 14.5. The Morgan fingerprint density at radius 2 is 2.30 bits per heavy atom. The van der Waals surface area contributed by atoms with Gasteiger partial charge in [-0.25, -0.2) is 4.98 Å². The van der Waals surface area contributed by atoms with E-state index < -0.39 is 0 Å². The molecule has 1 atom stereocenters. The number of carbonyl (C=O) groups is 1. The highest BCUT2D eigenvalue weighted by Gasteiger charge is 2.09. The zero-order valence-electron chi connectivity index (χ0n) is 12.2. The van der Waals surface area contributed by atoms with E-state index in [9.17, 15) is 4.79 Å². The number of imidazole rings is 1. The maximum atomic E-state index is 11.8. The molecule has 4 nitrogen and oxygen atoms in total. The van der Waals surface area contributed by atoms with Gasteiger partial charge in [0.1, 0.15) is 0 Å². The topological polar surface area (TPSA) is 57.8 Å². The molecular formula is C15H21N3OS. The van der Waals surface area contributed by atoms with E-state index in [1.807, 2.05) is 19.1 Å². The van der Waals surface area contributed by atoms with Gasteiger partial charge >= 0.3 is 0 Å². The molecule has 0 aliphatic heterocycles. The van der Waals surface area contributed by atoms with Crippen LogP contribution in [0.25, 0.3) is 11.0 Å². The molecule has 1 heterocycles. The highest BCUT2D eigenvalue weighted by Crippen LogP contribution is 2.20. The van der Waals surface area contributed by atoms with E-state index >= 15 is 0 Å². The van der Waals surface area contributed by atoms with E-state index in [4.69, 9.17) is 0 Å². The minimum Gasteiger partial charge on any atom is -0.353 e. The maximum absolute atomic E-state index is 11.8. The Kier molecular flexibility index (Phi) is 5.06. The lowest BCUT2D eigenvalue weighted by Gasteiger charge is -2.11. The van der Waals surface area contributed by atoms with E-state index in [0.717, 1.165) is 29.0 Å². The van der Waals surface area contributed by atoms with Crippen molar-refractivity contribution in [1.82, 2.24) is 15.3 Å². The fraction of sp³-hybridized carbons (Fsp3) is 0.467. The predicted molar refractivity (Wildman–Crippen MR) is 84.1 cm³/mol. The molecule has 0 unspecified atom stereocenters. The lowest BCUT2D eigenvalue weighted by atomic mass is 10.2. The van der Waals surface area contributed by atoms with Crippen molar-refractivity contribution < 1.29 is 4.79 Å². The van der Waals surface area contributed by atoms with Crippen molar-refractivity contribution in [2.24, 2.45) is 0 Å². The van der Waals surface area contributed by atoms with Crippen molar-refractivity contribution in [3.63, 3.8) is 0 Å². The van der Waals surface area contributed by atoms with Crippen LogP contribution in [0.4, 0.5) is 0 Å². The van der Waals surface area contributed by atoms with Crippen molar-refractivity contribution >= 4 is 28.7 Å². The number of hydrogen-bond acceptors (Lipinski definition) is 3. The molecule has 0 bridgehead atoms. The third-order valence-electron chi connectivity index (χ3n) is 3.08. The molecule has 20 heavy (non-hydrogen) atoms. The van der Waals surface area contributed by atoms with Gasteiger partial charge in [0, 0.05) is 6.04 Å². The first-order valence-electron chi connectivity index (χ1n) is 6.97. The van der Waals surface area contributed by atoms with E-state index in [0.29, 0.717) is 5.75 Å². The standard InChI is InChI=1S/C15H21N3OS/c1-4-5-11(3)16-14(19)9-20-15-17-12-7-6-10(2)8-13(12)18-15/h6-8,11H,4-5,9H2,1-3H3,(H,16,19)(H,17,18)/t11-/m0/s1. The predicted octanol–water partition coefficient (Wildman–Crippen LogP) is 3.27. The molecule has 1 amide bonds. The Bertz CT molecular complexity index is 594. The summed E-state index contributed by atoms with van der Waals surface area (Å²) in [6.07, 6.45) is 2.10. The summed E-state index contributed by atoms with van der Waals surface area (Å²) >= 11 is 1.44. The number of aromatic nitrogens is 2. The number of fused-ring (bicyclic) bond motifs is 1. The number of H-pyrrole nitrogens is 1. The monoisotopic (exact) mass is 291 g/mol. The molecule has 0 aliphatic carbocycles. The van der Waals surface area contributed by atoms with Crippen LogP contribution in [0.2, 0.25) is 0 Å². The van der Waals surface area contributed by atoms with Gasteiger partial charge in [0.15, 0.2) is 5.16 Å². The third kappa shape index (κ3) is 4.00. The number of aryl methyl sites for hydroxylation is 1. The number of nitrogens with zero attached hydrogens (tertiary/aromatic N) is 1. The molecule has 108 valence electrons. The summed E-state index contributed by atoms with van der Waals surface area (Å²) in [5.41, 5.74) is 3.16. The highest BCUT2D eigenvalue weighted by molar-refractivity contribution is 7.99. The van der Waals surface area contributed by atoms with Gasteiger partial charge in [-0.1, -0.05) is 31.2 Å². The quantitative estimate of drug-likeness (QED) is 0.803. The second kappa shape index (κ2) is 6.79. The normalized spacial score (nSPS) is 12.6. The third-order valence-corrected chi connectivity index (χ3v) is 3.96. The summed E-state index contributed by atoms with van der Waals surface area (Å²) in [5, 5.41) is 3.79. The van der Waals surface area contributed by atoms with Crippen molar-refractivity contribution in [3.05, 3.63) is 23.8 Å². The van der Waals surface area contributed by atoms with E-state index in [-0.39, 0.29) is 11.9 Å². The Morgan fingerprint density at radius 1 is 1.50 bits per heavy atom. The molecule has 0 fully saturated rings. The second-order valence-corrected chi connectivity index (χ2v) is 6.07. The molecule has 0 aliphatic rings. The van der Waals surface area contributed by atoms with Gasteiger partial charge in [0.2, 0.25) is 5.91 Å². The van der Waals surface area contributed by atoms with Crippen molar-refractivity contribution in [2.75, 3.05) is 5.75 Å². The lowest BCUT2D eigenvalue weighted by Crippen LogP contribution is -2.33. The maximum Gasteiger partial charge on any atom is 0.230 e. The summed E-state index contributed by atoms with van der Waals surface area (Å²) in [6.45, 7) is 6.21. The summed E-state index contributed by atoms with van der Waals surface area (Å²) in [5.74, 6) is 0.458. The molecule has 1 aromatic heterocycles. The number of thioether (sulfide) groups is 1. The number of amides is 1. The van der Waals surface area contributed by atoms with Crippen LogP contribution in [0.1, 0.15) is 32.3 Å². The minimum atomic E-state index is 0.0626. The second-order valence-electron chi connectivity index (χ2n) is 5.11. The Morgan fingerprint density at radius 3 is 3.05 bits per heavy atom. The number of hydrogen-bond donors (Lipinski definition) is 2. The molecule has 0 saturated carbocycles. The van der Waals surface area contributed by atoms with Gasteiger partial charge in [-0.15, -0.1) is 0 Å². The molecule has 0 radical (unpaired) electrons. The van der Waals surface area contributed by atoms with Crippen LogP contribution in [-0.4, -0.2) is 27.7 Å². The van der Waals surface area contributed by atoms with Crippen LogP contribution in [0.3, 0.4) is 0 Å². The summed E-state index contributed by atoms with van der Waals surface area (Å²) in [6, 6.07) is 6.34. The molecule has 5 heteroatoms. The molecule has 2 N–H and O–H groups in total. The number of nitrogens with one attached hydrogen (secondary N) is 2. The Labute approximate surface area is 123 Å². The average molecular weight is 291 g/mol. The molecule has 1 aromatic carbocycles. The first kappa shape index (κ1) is 14.9. The van der Waals surface area contributed by atoms with E-state index in [1.165, 1.54) is 17.3 Å². The van der Waals surface area contributed by atoms with Gasteiger partial charge in [-0.3, -0.25) is 4.79 Å².